The van der Waals surface area contributed by atoms with Gasteiger partial charge in [0.05, 0.1) is 0 Å². The molecule has 0 heterocycles. The normalized spacial score (nSPS) is 11.3. The summed E-state index contributed by atoms with van der Waals surface area (Å²) >= 11 is -3.00. The number of rotatable bonds is 1. The second-order valence-corrected chi connectivity index (χ2v) is 11.5. The van der Waals surface area contributed by atoms with Crippen molar-refractivity contribution in [1.29, 1.82) is 0 Å². The van der Waals surface area contributed by atoms with E-state index in [4.69, 9.17) is 42.4 Å². The zero-order valence-corrected chi connectivity index (χ0v) is 8.52. The first-order valence-corrected chi connectivity index (χ1v) is 9.96. The van der Waals surface area contributed by atoms with E-state index in [2.05, 4.69) is 0 Å². The van der Waals surface area contributed by atoms with Crippen molar-refractivity contribution in [3.05, 3.63) is 0 Å². The van der Waals surface area contributed by atoms with Crippen LogP contribution in [-0.4, -0.2) is 22.8 Å². The summed E-state index contributed by atoms with van der Waals surface area (Å²) in [5.41, 5.74) is 0. The maximum atomic E-state index is 9.12. The predicted octanol–water partition coefficient (Wildman–Crippen LogP) is -0.741. The number of aliphatic carboxylic acids is 1. The molecule has 68 valence electrons. The minimum atomic E-state index is -3.00. The van der Waals surface area contributed by atoms with Gasteiger partial charge >= 0.3 is 47.9 Å². The van der Waals surface area contributed by atoms with Gasteiger partial charge in [-0.2, -0.15) is 0 Å². The zero-order valence-electron chi connectivity index (χ0n) is 4.74. The van der Waals surface area contributed by atoms with Crippen molar-refractivity contribution in [3.8, 4) is 0 Å². The number of aliphatic hydroxyl groups excluding tert-OH is 1. The van der Waals surface area contributed by atoms with Gasteiger partial charge in [0.1, 0.15) is 6.61 Å². The van der Waals surface area contributed by atoms with Crippen molar-refractivity contribution in [2.24, 2.45) is 8.58 Å². The monoisotopic (exact) mass is 373 g/mol. The Kier molecular flexibility index (Phi) is 8.38. The number of nitrogens with two attached hydrogens (primary N) is 2. The van der Waals surface area contributed by atoms with Crippen LogP contribution in [-0.2, 0) is 19.3 Å². The average molecular weight is 374 g/mol. The van der Waals surface area contributed by atoms with Crippen LogP contribution in [0.4, 0.5) is 0 Å². The molecule has 0 spiro atoms. The van der Waals surface area contributed by atoms with Crippen LogP contribution < -0.4 is 8.58 Å². The zero-order chi connectivity index (χ0) is 8.78. The summed E-state index contributed by atoms with van der Waals surface area (Å²) in [5, 5.41) is 15.0. The van der Waals surface area contributed by atoms with Crippen molar-refractivity contribution in [2.75, 3.05) is 6.61 Å². The molecule has 0 rings (SSSR count). The van der Waals surface area contributed by atoms with Crippen LogP contribution in [0.5, 0.6) is 0 Å². The van der Waals surface area contributed by atoms with Crippen LogP contribution in [0.2, 0.25) is 0 Å². The van der Waals surface area contributed by atoms with E-state index in [1.54, 1.807) is 0 Å². The van der Waals surface area contributed by atoms with Gasteiger partial charge in [0, 0.05) is 0 Å². The van der Waals surface area contributed by atoms with Crippen LogP contribution in [0.1, 0.15) is 0 Å². The van der Waals surface area contributed by atoms with Crippen molar-refractivity contribution < 1.29 is 29.5 Å². The molecule has 8 heteroatoms. The molecule has 0 radical (unpaired) electrons. The molecule has 0 unspecified atom stereocenters. The Bertz CT molecular complexity index is 99.2. The third kappa shape index (κ3) is 73.0. The van der Waals surface area contributed by atoms with Crippen molar-refractivity contribution >= 4 is 24.8 Å². The summed E-state index contributed by atoms with van der Waals surface area (Å²) in [5.74, 6) is -1.19. The predicted molar refractivity (Wildman–Crippen MR) is 34.8 cm³/mol. The summed E-state index contributed by atoms with van der Waals surface area (Å²) in [4.78, 5) is 9.12. The third-order valence-corrected chi connectivity index (χ3v) is 0.135. The Morgan fingerprint density at radius 2 is 1.60 bits per heavy atom. The van der Waals surface area contributed by atoms with Gasteiger partial charge < -0.3 is 10.2 Å². The second kappa shape index (κ2) is 6.34. The van der Waals surface area contributed by atoms with Gasteiger partial charge in [-0.25, -0.2) is 4.79 Å². The van der Waals surface area contributed by atoms with E-state index in [1.165, 1.54) is 0 Å². The molecule has 5 nitrogen and oxygen atoms in total. The first-order valence-electron chi connectivity index (χ1n) is 1.70. The summed E-state index contributed by atoms with van der Waals surface area (Å²) in [6, 6.07) is 0. The summed E-state index contributed by atoms with van der Waals surface area (Å²) in [6.45, 7) is -0.778. The van der Waals surface area contributed by atoms with Gasteiger partial charge in [0.15, 0.2) is 0 Å². The van der Waals surface area contributed by atoms with E-state index in [0.717, 1.165) is 0 Å². The molecule has 0 aromatic carbocycles. The van der Waals surface area contributed by atoms with Crippen molar-refractivity contribution in [3.63, 3.8) is 0 Å². The second-order valence-electron chi connectivity index (χ2n) is 0.978. The first kappa shape index (κ1) is 13.2. The maximum absolute atomic E-state index is 9.12. The molecule has 0 amide bonds. The van der Waals surface area contributed by atoms with Crippen LogP contribution in [0.15, 0.2) is 0 Å². The number of carboxylic acid groups (broad SMARTS) is 1. The van der Waals surface area contributed by atoms with Crippen LogP contribution >= 0.6 is 18.8 Å². The average Bonchev–Trinajstić information content (AvgIpc) is 1.61. The van der Waals surface area contributed by atoms with E-state index in [0.29, 0.717) is 0 Å². The van der Waals surface area contributed by atoms with Gasteiger partial charge in [-0.1, -0.05) is 0 Å². The summed E-state index contributed by atoms with van der Waals surface area (Å²) in [7, 11) is 10.1. The number of halogens is 2. The first-order chi connectivity index (χ1) is 4.27. The van der Waals surface area contributed by atoms with Crippen molar-refractivity contribution in [1.82, 2.24) is 0 Å². The SMILES string of the molecule is O=C(O)CO.[NH2][Pt]([NH2])([Cl])[Cl]. The molecule has 0 aliphatic rings. The molecule has 0 aromatic heterocycles. The molecular weight excluding hydrogens is 366 g/mol. The minimum absolute atomic E-state index is 0.778. The molecule has 0 aliphatic heterocycles. The molecule has 6 N–H and O–H groups in total. The fourth-order valence-electron chi connectivity index (χ4n) is 0. The van der Waals surface area contributed by atoms with E-state index >= 15 is 0 Å². The fraction of sp³-hybridized carbons (Fsp3) is 0.500. The number of carbonyl (C=O) groups is 1. The Balaban J connectivity index is 0. The fourth-order valence-corrected chi connectivity index (χ4v) is 0. The van der Waals surface area contributed by atoms with Crippen molar-refractivity contribution in [2.45, 2.75) is 0 Å². The molecular formula is C2H8Cl2N2O3Pt. The van der Waals surface area contributed by atoms with E-state index < -0.39 is 27.1 Å². The molecule has 10 heavy (non-hydrogen) atoms. The molecule has 0 saturated heterocycles. The van der Waals surface area contributed by atoms with Crippen LogP contribution in [0.3, 0.4) is 0 Å². The number of carboxylic acids is 1. The molecule has 0 aliphatic carbocycles. The Labute approximate surface area is 69.5 Å². The van der Waals surface area contributed by atoms with Gasteiger partial charge in [-0.15, -0.1) is 0 Å². The van der Waals surface area contributed by atoms with Gasteiger partial charge in [-0.3, -0.25) is 0 Å². The Morgan fingerprint density at radius 3 is 1.60 bits per heavy atom. The summed E-state index contributed by atoms with van der Waals surface area (Å²) in [6.07, 6.45) is 0. The van der Waals surface area contributed by atoms with Crippen LogP contribution in [0, 0.1) is 0 Å². The molecule has 0 bridgehead atoms. The molecule has 0 saturated carbocycles. The molecule has 0 fully saturated rings. The topological polar surface area (TPSA) is 110 Å². The van der Waals surface area contributed by atoms with Gasteiger partial charge in [-0.05, 0) is 0 Å². The van der Waals surface area contributed by atoms with Gasteiger partial charge in [0.2, 0.25) is 0 Å². The number of aliphatic hydroxyl groups is 1. The number of hydrogen-bond donors (Lipinski definition) is 4. The standard InChI is InChI=1S/C2H4O3.2ClH.2H2N.Pt/c3-1-2(4)5;;;;;/h3H,1H2,(H,4,5);2*1H;2*1H2;/q;;;2*-1;+4/p-2. The third-order valence-electron chi connectivity index (χ3n) is 0.135. The van der Waals surface area contributed by atoms with E-state index in [1.807, 2.05) is 0 Å². The number of hydrogen-bond acceptors (Lipinski definition) is 4. The summed E-state index contributed by atoms with van der Waals surface area (Å²) < 4.78 is 9.69. The quantitative estimate of drug-likeness (QED) is 0.484. The Hall–Kier alpha value is 0.618. The Morgan fingerprint density at radius 1 is 1.50 bits per heavy atom. The van der Waals surface area contributed by atoms with E-state index in [-0.39, 0.29) is 0 Å². The molecule has 0 aromatic rings. The van der Waals surface area contributed by atoms with Crippen LogP contribution in [0.25, 0.3) is 0 Å². The van der Waals surface area contributed by atoms with Gasteiger partial charge in [0.25, 0.3) is 0 Å². The molecule has 0 atom stereocenters. The van der Waals surface area contributed by atoms with E-state index in [9.17, 15) is 0 Å².